The van der Waals surface area contributed by atoms with Gasteiger partial charge in [0, 0.05) is 6.54 Å². The van der Waals surface area contributed by atoms with E-state index < -0.39 is 18.0 Å². The number of pyridine rings is 1. The number of halogens is 3. The van der Waals surface area contributed by atoms with Crippen LogP contribution in [0.25, 0.3) is 0 Å². The third-order valence-corrected chi connectivity index (χ3v) is 2.48. The van der Waals surface area contributed by atoms with E-state index in [9.17, 15) is 13.6 Å². The maximum atomic E-state index is 12.8. The third kappa shape index (κ3) is 2.64. The lowest BCUT2D eigenvalue weighted by Crippen LogP contribution is -2.14. The van der Waals surface area contributed by atoms with E-state index in [1.54, 1.807) is 0 Å². The molecule has 16 heavy (non-hydrogen) atoms. The molecule has 0 aromatic carbocycles. The van der Waals surface area contributed by atoms with Gasteiger partial charge in [-0.2, -0.15) is 0 Å². The van der Waals surface area contributed by atoms with Crippen molar-refractivity contribution in [2.75, 3.05) is 7.11 Å². The molecule has 88 valence electrons. The highest BCUT2D eigenvalue weighted by Gasteiger charge is 2.24. The molecule has 2 N–H and O–H groups in total. The molecule has 4 nitrogen and oxygen atoms in total. The van der Waals surface area contributed by atoms with E-state index in [1.807, 2.05) is 22.6 Å². The average Bonchev–Trinajstić information content (AvgIpc) is 2.26. The minimum Gasteiger partial charge on any atom is -0.464 e. The van der Waals surface area contributed by atoms with Gasteiger partial charge in [-0.05, 0) is 34.2 Å². The first-order chi connectivity index (χ1) is 7.51. The van der Waals surface area contributed by atoms with Gasteiger partial charge in [0.15, 0.2) is 5.69 Å². The highest BCUT2D eigenvalue weighted by atomic mass is 127. The molecule has 0 radical (unpaired) electrons. The molecular weight excluding hydrogens is 333 g/mol. The van der Waals surface area contributed by atoms with Crippen LogP contribution < -0.4 is 5.73 Å². The second-order valence-electron chi connectivity index (χ2n) is 2.86. The van der Waals surface area contributed by atoms with Gasteiger partial charge >= 0.3 is 5.97 Å². The van der Waals surface area contributed by atoms with Crippen LogP contribution in [-0.2, 0) is 11.3 Å². The Morgan fingerprint density at radius 1 is 1.69 bits per heavy atom. The van der Waals surface area contributed by atoms with Gasteiger partial charge in [-0.25, -0.2) is 18.6 Å². The molecule has 1 aromatic rings. The number of nitrogens with zero attached hydrogens (tertiary/aromatic N) is 1. The summed E-state index contributed by atoms with van der Waals surface area (Å²) in [6.45, 7) is -0.0812. The standard InChI is InChI=1S/C9H9F2IN2O2/c1-16-9(15)7-6(8(10)11)4(3-13)2-5(12)14-7/h2,8H,3,13H2,1H3. The molecule has 0 unspecified atom stereocenters. The molecule has 7 heteroatoms. The highest BCUT2D eigenvalue weighted by molar-refractivity contribution is 14.1. The molecule has 0 aliphatic heterocycles. The van der Waals surface area contributed by atoms with Crippen LogP contribution in [-0.4, -0.2) is 18.1 Å². The maximum Gasteiger partial charge on any atom is 0.357 e. The number of aromatic nitrogens is 1. The SMILES string of the molecule is COC(=O)c1nc(I)cc(CN)c1C(F)F. The molecule has 0 aliphatic rings. The van der Waals surface area contributed by atoms with Crippen molar-refractivity contribution in [3.8, 4) is 0 Å². The van der Waals surface area contributed by atoms with Crippen molar-refractivity contribution >= 4 is 28.6 Å². The number of hydrogen-bond acceptors (Lipinski definition) is 4. The van der Waals surface area contributed by atoms with E-state index in [0.717, 1.165) is 7.11 Å². The number of nitrogens with two attached hydrogens (primary N) is 1. The molecule has 0 atom stereocenters. The lowest BCUT2D eigenvalue weighted by Gasteiger charge is -2.11. The van der Waals surface area contributed by atoms with Crippen LogP contribution in [0.15, 0.2) is 6.07 Å². The van der Waals surface area contributed by atoms with Crippen molar-refractivity contribution < 1.29 is 18.3 Å². The van der Waals surface area contributed by atoms with Crippen LogP contribution >= 0.6 is 22.6 Å². The van der Waals surface area contributed by atoms with Gasteiger partial charge in [0.05, 0.1) is 12.7 Å². The lowest BCUT2D eigenvalue weighted by molar-refractivity contribution is 0.0580. The minimum absolute atomic E-state index is 0.0812. The van der Waals surface area contributed by atoms with Gasteiger partial charge in [-0.1, -0.05) is 0 Å². The molecule has 0 fully saturated rings. The summed E-state index contributed by atoms with van der Waals surface area (Å²) in [7, 11) is 1.11. The average molecular weight is 342 g/mol. The third-order valence-electron chi connectivity index (χ3n) is 1.93. The zero-order valence-corrected chi connectivity index (χ0v) is 10.5. The lowest BCUT2D eigenvalue weighted by atomic mass is 10.1. The zero-order valence-electron chi connectivity index (χ0n) is 8.34. The second kappa shape index (κ2) is 5.48. The number of hydrogen-bond donors (Lipinski definition) is 1. The number of esters is 1. The Morgan fingerprint density at radius 3 is 2.75 bits per heavy atom. The van der Waals surface area contributed by atoms with Crippen molar-refractivity contribution in [1.29, 1.82) is 0 Å². The number of carbonyl (C=O) groups excluding carboxylic acids is 1. The summed E-state index contributed by atoms with van der Waals surface area (Å²) < 4.78 is 30.4. The van der Waals surface area contributed by atoms with Crippen molar-refractivity contribution in [3.05, 3.63) is 26.6 Å². The number of alkyl halides is 2. The fourth-order valence-corrected chi connectivity index (χ4v) is 1.85. The van der Waals surface area contributed by atoms with E-state index >= 15 is 0 Å². The van der Waals surface area contributed by atoms with E-state index in [1.165, 1.54) is 6.07 Å². The van der Waals surface area contributed by atoms with Gasteiger partial charge in [-0.15, -0.1) is 0 Å². The summed E-state index contributed by atoms with van der Waals surface area (Å²) >= 11 is 1.82. The first-order valence-electron chi connectivity index (χ1n) is 4.27. The van der Waals surface area contributed by atoms with Crippen molar-refractivity contribution in [3.63, 3.8) is 0 Å². The number of methoxy groups -OCH3 is 1. The Hall–Kier alpha value is -0.830. The molecule has 1 aromatic heterocycles. The number of carbonyl (C=O) groups is 1. The molecule has 1 heterocycles. The quantitative estimate of drug-likeness (QED) is 0.518. The fourth-order valence-electron chi connectivity index (χ4n) is 1.24. The van der Waals surface area contributed by atoms with Crippen molar-refractivity contribution in [1.82, 2.24) is 4.98 Å². The van der Waals surface area contributed by atoms with E-state index in [0.29, 0.717) is 3.70 Å². The maximum absolute atomic E-state index is 12.8. The topological polar surface area (TPSA) is 65.2 Å². The van der Waals surface area contributed by atoms with Crippen molar-refractivity contribution in [2.45, 2.75) is 13.0 Å². The predicted molar refractivity (Wildman–Crippen MR) is 61.1 cm³/mol. The van der Waals surface area contributed by atoms with Crippen LogP contribution in [0.4, 0.5) is 8.78 Å². The molecule has 0 aliphatic carbocycles. The summed E-state index contributed by atoms with van der Waals surface area (Å²) in [6, 6.07) is 1.43. The normalized spacial score (nSPS) is 10.6. The highest BCUT2D eigenvalue weighted by Crippen LogP contribution is 2.27. The van der Waals surface area contributed by atoms with Gasteiger partial charge in [0.1, 0.15) is 3.70 Å². The summed E-state index contributed by atoms with van der Waals surface area (Å²) in [5.41, 5.74) is 4.73. The van der Waals surface area contributed by atoms with Crippen LogP contribution in [0.5, 0.6) is 0 Å². The largest absolute Gasteiger partial charge is 0.464 e. The van der Waals surface area contributed by atoms with Crippen molar-refractivity contribution in [2.24, 2.45) is 5.73 Å². The summed E-state index contributed by atoms with van der Waals surface area (Å²) in [4.78, 5) is 15.0. The summed E-state index contributed by atoms with van der Waals surface area (Å²) in [5, 5.41) is 0. The Balaban J connectivity index is 3.44. The van der Waals surface area contributed by atoms with Gasteiger partial charge in [0.2, 0.25) is 0 Å². The number of ether oxygens (including phenoxy) is 1. The van der Waals surface area contributed by atoms with Crippen LogP contribution in [0.1, 0.15) is 28.0 Å². The molecule has 0 bridgehead atoms. The fraction of sp³-hybridized carbons (Fsp3) is 0.333. The second-order valence-corrected chi connectivity index (χ2v) is 3.97. The summed E-state index contributed by atoms with van der Waals surface area (Å²) in [5.74, 6) is -0.886. The Kier molecular flexibility index (Phi) is 4.54. The van der Waals surface area contributed by atoms with E-state index in [-0.39, 0.29) is 17.8 Å². The first kappa shape index (κ1) is 13.2. The Morgan fingerprint density at radius 2 is 2.31 bits per heavy atom. The van der Waals surface area contributed by atoms with Crippen LogP contribution in [0.2, 0.25) is 0 Å². The zero-order chi connectivity index (χ0) is 12.3. The number of rotatable bonds is 3. The predicted octanol–water partition coefficient (Wildman–Crippen LogP) is 1.87. The van der Waals surface area contributed by atoms with E-state index in [4.69, 9.17) is 5.73 Å². The van der Waals surface area contributed by atoms with Crippen LogP contribution in [0.3, 0.4) is 0 Å². The van der Waals surface area contributed by atoms with Gasteiger partial charge < -0.3 is 10.5 Å². The molecule has 0 saturated carbocycles. The smallest absolute Gasteiger partial charge is 0.357 e. The van der Waals surface area contributed by atoms with Crippen LogP contribution in [0, 0.1) is 3.70 Å². The minimum atomic E-state index is -2.81. The molecule has 0 saturated heterocycles. The van der Waals surface area contributed by atoms with Gasteiger partial charge in [-0.3, -0.25) is 0 Å². The van der Waals surface area contributed by atoms with Gasteiger partial charge in [0.25, 0.3) is 6.43 Å². The molecule has 1 rings (SSSR count). The molecule has 0 spiro atoms. The molecule has 0 amide bonds. The Labute approximate surface area is 104 Å². The first-order valence-corrected chi connectivity index (χ1v) is 5.35. The monoisotopic (exact) mass is 342 g/mol. The molecular formula is C9H9F2IN2O2. The van der Waals surface area contributed by atoms with E-state index in [2.05, 4.69) is 9.72 Å². The summed E-state index contributed by atoms with van der Waals surface area (Å²) in [6.07, 6.45) is -2.81. The Bertz CT molecular complexity index is 413.